The Bertz CT molecular complexity index is 364. The van der Waals surface area contributed by atoms with Crippen LogP contribution in [0.5, 0.6) is 0 Å². The molecule has 102 valence electrons. The second-order valence-corrected chi connectivity index (χ2v) is 5.76. The van der Waals surface area contributed by atoms with E-state index in [1.807, 2.05) is 11.7 Å². The van der Waals surface area contributed by atoms with Crippen LogP contribution in [0.4, 0.5) is 0 Å². The molecule has 1 aliphatic rings. The molecule has 0 amide bonds. The molecular formula is C15H27N3. The topological polar surface area (TPSA) is 29.9 Å². The lowest BCUT2D eigenvalue weighted by Gasteiger charge is -2.24. The quantitative estimate of drug-likeness (QED) is 0.867. The van der Waals surface area contributed by atoms with Gasteiger partial charge in [0.25, 0.3) is 0 Å². The molecule has 0 aliphatic heterocycles. The van der Waals surface area contributed by atoms with Gasteiger partial charge in [0.1, 0.15) is 0 Å². The second-order valence-electron chi connectivity index (χ2n) is 5.76. The fourth-order valence-electron chi connectivity index (χ4n) is 3.28. The van der Waals surface area contributed by atoms with Crippen LogP contribution in [0.1, 0.15) is 62.4 Å². The summed E-state index contributed by atoms with van der Waals surface area (Å²) in [6.07, 6.45) is 9.82. The zero-order valence-electron chi connectivity index (χ0n) is 12.1. The third-order valence-electron chi connectivity index (χ3n) is 4.33. The molecule has 1 aliphatic carbocycles. The average Bonchev–Trinajstić information content (AvgIpc) is 2.71. The Morgan fingerprint density at radius 1 is 1.39 bits per heavy atom. The van der Waals surface area contributed by atoms with Crippen molar-refractivity contribution in [3.63, 3.8) is 0 Å². The van der Waals surface area contributed by atoms with Crippen molar-refractivity contribution in [1.29, 1.82) is 0 Å². The summed E-state index contributed by atoms with van der Waals surface area (Å²) < 4.78 is 2.03. The maximum absolute atomic E-state index is 4.45. The predicted octanol–water partition coefficient (Wildman–Crippen LogP) is 3.35. The van der Waals surface area contributed by atoms with Gasteiger partial charge in [0, 0.05) is 13.1 Å². The van der Waals surface area contributed by atoms with Crippen LogP contribution in [0.3, 0.4) is 0 Å². The van der Waals surface area contributed by atoms with Gasteiger partial charge in [-0.15, -0.1) is 0 Å². The van der Waals surface area contributed by atoms with Gasteiger partial charge < -0.3 is 5.32 Å². The molecule has 1 aromatic rings. The van der Waals surface area contributed by atoms with Gasteiger partial charge in [-0.05, 0) is 38.8 Å². The summed E-state index contributed by atoms with van der Waals surface area (Å²) in [6.45, 7) is 2.07. The van der Waals surface area contributed by atoms with E-state index in [9.17, 15) is 0 Å². The summed E-state index contributed by atoms with van der Waals surface area (Å²) in [4.78, 5) is 0. The number of hydrogen-bond acceptors (Lipinski definition) is 2. The van der Waals surface area contributed by atoms with E-state index in [1.54, 1.807) is 0 Å². The van der Waals surface area contributed by atoms with Crippen molar-refractivity contribution in [3.8, 4) is 0 Å². The monoisotopic (exact) mass is 249 g/mol. The Labute approximate surface area is 111 Å². The van der Waals surface area contributed by atoms with Crippen molar-refractivity contribution >= 4 is 0 Å². The normalized spacial score (nSPS) is 19.1. The van der Waals surface area contributed by atoms with E-state index in [4.69, 9.17) is 0 Å². The Morgan fingerprint density at radius 3 is 2.67 bits per heavy atom. The van der Waals surface area contributed by atoms with E-state index in [2.05, 4.69) is 30.5 Å². The standard InChI is InChI=1S/C15H27N3/c1-12-11-15(18(3)17-12)14(16-2)10-9-13-7-5-4-6-8-13/h11,13-14,16H,4-10H2,1-3H3. The molecule has 1 fully saturated rings. The van der Waals surface area contributed by atoms with Gasteiger partial charge in [0.2, 0.25) is 0 Å². The van der Waals surface area contributed by atoms with E-state index >= 15 is 0 Å². The molecule has 3 nitrogen and oxygen atoms in total. The molecule has 1 N–H and O–H groups in total. The maximum Gasteiger partial charge on any atom is 0.0597 e. The van der Waals surface area contributed by atoms with Gasteiger partial charge in [-0.2, -0.15) is 5.10 Å². The van der Waals surface area contributed by atoms with Crippen molar-refractivity contribution in [2.75, 3.05) is 7.05 Å². The number of nitrogens with zero attached hydrogens (tertiary/aromatic N) is 2. The maximum atomic E-state index is 4.45. The Morgan fingerprint density at radius 2 is 2.11 bits per heavy atom. The van der Waals surface area contributed by atoms with Crippen LogP contribution in [0.2, 0.25) is 0 Å². The highest BCUT2D eigenvalue weighted by Crippen LogP contribution is 2.30. The molecule has 1 heterocycles. The number of nitrogens with one attached hydrogen (secondary N) is 1. The summed E-state index contributed by atoms with van der Waals surface area (Å²) in [6, 6.07) is 2.67. The van der Waals surface area contributed by atoms with Crippen LogP contribution >= 0.6 is 0 Å². The predicted molar refractivity (Wildman–Crippen MR) is 75.6 cm³/mol. The third kappa shape index (κ3) is 3.35. The molecule has 1 unspecified atom stereocenters. The van der Waals surface area contributed by atoms with E-state index in [-0.39, 0.29) is 0 Å². The molecule has 0 bridgehead atoms. The van der Waals surface area contributed by atoms with Crippen molar-refractivity contribution in [2.45, 2.75) is 57.9 Å². The molecule has 0 aromatic carbocycles. The van der Waals surface area contributed by atoms with Gasteiger partial charge >= 0.3 is 0 Å². The summed E-state index contributed by atoms with van der Waals surface area (Å²) in [5, 5.41) is 7.90. The minimum atomic E-state index is 0.457. The molecule has 2 rings (SSSR count). The van der Waals surface area contributed by atoms with Crippen LogP contribution in [-0.4, -0.2) is 16.8 Å². The molecule has 0 radical (unpaired) electrons. The van der Waals surface area contributed by atoms with Crippen molar-refractivity contribution in [1.82, 2.24) is 15.1 Å². The highest BCUT2D eigenvalue weighted by Gasteiger charge is 2.18. The molecule has 1 aromatic heterocycles. The first kappa shape index (κ1) is 13.6. The fourth-order valence-corrected chi connectivity index (χ4v) is 3.28. The van der Waals surface area contributed by atoms with E-state index in [0.29, 0.717) is 6.04 Å². The lowest BCUT2D eigenvalue weighted by Crippen LogP contribution is -2.20. The van der Waals surface area contributed by atoms with Gasteiger partial charge in [0.05, 0.1) is 11.4 Å². The second kappa shape index (κ2) is 6.37. The van der Waals surface area contributed by atoms with Crippen LogP contribution < -0.4 is 5.32 Å². The van der Waals surface area contributed by atoms with Gasteiger partial charge in [-0.3, -0.25) is 4.68 Å². The minimum Gasteiger partial charge on any atom is -0.312 e. The Kier molecular flexibility index (Phi) is 4.81. The average molecular weight is 249 g/mol. The van der Waals surface area contributed by atoms with Crippen LogP contribution in [0.15, 0.2) is 6.07 Å². The SMILES string of the molecule is CNC(CCC1CCCCC1)c1cc(C)nn1C. The number of aryl methyl sites for hydroxylation is 2. The Hall–Kier alpha value is -0.830. The summed E-state index contributed by atoms with van der Waals surface area (Å²) in [5.41, 5.74) is 2.44. The number of aromatic nitrogens is 2. The van der Waals surface area contributed by atoms with Gasteiger partial charge in [0.15, 0.2) is 0 Å². The molecular weight excluding hydrogens is 222 g/mol. The zero-order chi connectivity index (χ0) is 13.0. The summed E-state index contributed by atoms with van der Waals surface area (Å²) in [5.74, 6) is 0.962. The first-order valence-electron chi connectivity index (χ1n) is 7.38. The molecule has 0 saturated heterocycles. The number of rotatable bonds is 5. The van der Waals surface area contributed by atoms with Crippen LogP contribution in [0, 0.1) is 12.8 Å². The van der Waals surface area contributed by atoms with Gasteiger partial charge in [-0.1, -0.05) is 32.1 Å². The minimum absolute atomic E-state index is 0.457. The third-order valence-corrected chi connectivity index (χ3v) is 4.33. The summed E-state index contributed by atoms with van der Waals surface area (Å²) >= 11 is 0. The molecule has 18 heavy (non-hydrogen) atoms. The van der Waals surface area contributed by atoms with Crippen molar-refractivity contribution in [2.24, 2.45) is 13.0 Å². The van der Waals surface area contributed by atoms with Crippen molar-refractivity contribution in [3.05, 3.63) is 17.5 Å². The molecule has 1 atom stereocenters. The lowest BCUT2D eigenvalue weighted by atomic mass is 9.85. The van der Waals surface area contributed by atoms with Crippen LogP contribution in [0.25, 0.3) is 0 Å². The largest absolute Gasteiger partial charge is 0.312 e. The first-order valence-corrected chi connectivity index (χ1v) is 7.38. The molecule has 1 saturated carbocycles. The molecule has 0 spiro atoms. The fraction of sp³-hybridized carbons (Fsp3) is 0.800. The van der Waals surface area contributed by atoms with Crippen LogP contribution in [-0.2, 0) is 7.05 Å². The van der Waals surface area contributed by atoms with Crippen molar-refractivity contribution < 1.29 is 0 Å². The van der Waals surface area contributed by atoms with E-state index < -0.39 is 0 Å². The van der Waals surface area contributed by atoms with Gasteiger partial charge in [-0.25, -0.2) is 0 Å². The zero-order valence-corrected chi connectivity index (χ0v) is 12.1. The lowest BCUT2D eigenvalue weighted by molar-refractivity contribution is 0.314. The van der Waals surface area contributed by atoms with E-state index in [1.165, 1.54) is 50.6 Å². The van der Waals surface area contributed by atoms with E-state index in [0.717, 1.165) is 11.6 Å². The highest BCUT2D eigenvalue weighted by molar-refractivity contribution is 5.12. The highest BCUT2D eigenvalue weighted by atomic mass is 15.3. The summed E-state index contributed by atoms with van der Waals surface area (Å²) in [7, 11) is 4.11. The first-order chi connectivity index (χ1) is 8.70. The molecule has 3 heteroatoms. The smallest absolute Gasteiger partial charge is 0.0597 e. The Balaban J connectivity index is 1.90. The number of hydrogen-bond donors (Lipinski definition) is 1.